The van der Waals surface area contributed by atoms with Crippen molar-refractivity contribution in [3.63, 3.8) is 0 Å². The van der Waals surface area contributed by atoms with Crippen LogP contribution in [0.15, 0.2) is 85.1 Å². The maximum absolute atomic E-state index is 12.9. The van der Waals surface area contributed by atoms with E-state index in [9.17, 15) is 14.4 Å². The van der Waals surface area contributed by atoms with Crippen molar-refractivity contribution < 1.29 is 28.6 Å². The molecule has 83 heavy (non-hydrogen) atoms. The van der Waals surface area contributed by atoms with E-state index in [4.69, 9.17) is 14.2 Å². The zero-order chi connectivity index (χ0) is 59.9. The summed E-state index contributed by atoms with van der Waals surface area (Å²) in [6, 6.07) is 0. The summed E-state index contributed by atoms with van der Waals surface area (Å²) >= 11 is 0. The molecule has 0 fully saturated rings. The summed E-state index contributed by atoms with van der Waals surface area (Å²) in [4.78, 5) is 38.0. The van der Waals surface area contributed by atoms with Crippen molar-refractivity contribution in [2.45, 2.75) is 374 Å². The first-order valence-electron chi connectivity index (χ1n) is 36.1. The van der Waals surface area contributed by atoms with Crippen molar-refractivity contribution in [3.05, 3.63) is 85.1 Å². The van der Waals surface area contributed by atoms with Crippen LogP contribution < -0.4 is 0 Å². The van der Waals surface area contributed by atoms with Gasteiger partial charge in [-0.3, -0.25) is 14.4 Å². The van der Waals surface area contributed by atoms with Gasteiger partial charge in [0.05, 0.1) is 0 Å². The molecule has 0 aromatic carbocycles. The van der Waals surface area contributed by atoms with E-state index in [2.05, 4.69) is 106 Å². The molecule has 1 atom stereocenters. The number of unbranched alkanes of at least 4 members (excludes halogenated alkanes) is 41. The molecule has 0 radical (unpaired) electrons. The van der Waals surface area contributed by atoms with Crippen molar-refractivity contribution in [2.24, 2.45) is 0 Å². The lowest BCUT2D eigenvalue weighted by molar-refractivity contribution is -0.167. The zero-order valence-electron chi connectivity index (χ0n) is 55.2. The molecule has 6 heteroatoms. The fourth-order valence-electron chi connectivity index (χ4n) is 10.5. The van der Waals surface area contributed by atoms with E-state index in [0.717, 1.165) is 116 Å². The fourth-order valence-corrected chi connectivity index (χ4v) is 10.5. The van der Waals surface area contributed by atoms with Gasteiger partial charge in [0.2, 0.25) is 0 Å². The van der Waals surface area contributed by atoms with Gasteiger partial charge in [-0.15, -0.1) is 0 Å². The Balaban J connectivity index is 3.94. The van der Waals surface area contributed by atoms with Crippen LogP contribution in [0.4, 0.5) is 0 Å². The molecule has 0 spiro atoms. The fraction of sp³-hybridized carbons (Fsp3) is 0.779. The molecule has 0 aliphatic heterocycles. The Morgan fingerprint density at radius 3 is 0.747 bits per heavy atom. The van der Waals surface area contributed by atoms with Gasteiger partial charge in [0.25, 0.3) is 0 Å². The van der Waals surface area contributed by atoms with Crippen LogP contribution in [-0.4, -0.2) is 37.2 Å². The lowest BCUT2D eigenvalue weighted by atomic mass is 10.0. The second-order valence-electron chi connectivity index (χ2n) is 24.1. The number of carbonyl (C=O) groups is 3. The Labute approximate surface area is 515 Å². The number of esters is 3. The third kappa shape index (κ3) is 69.3. The second-order valence-corrected chi connectivity index (χ2v) is 24.1. The summed E-state index contributed by atoms with van der Waals surface area (Å²) in [5, 5.41) is 0. The van der Waals surface area contributed by atoms with E-state index in [0.29, 0.717) is 19.3 Å². The van der Waals surface area contributed by atoms with Crippen molar-refractivity contribution in [3.8, 4) is 0 Å². The number of allylic oxidation sites excluding steroid dienone is 14. The molecule has 1 unspecified atom stereocenters. The van der Waals surface area contributed by atoms with Crippen LogP contribution >= 0.6 is 0 Å². The summed E-state index contributed by atoms with van der Waals surface area (Å²) in [7, 11) is 0. The molecule has 0 rings (SSSR count). The normalized spacial score (nSPS) is 12.6. The van der Waals surface area contributed by atoms with Crippen LogP contribution in [0.5, 0.6) is 0 Å². The summed E-state index contributed by atoms with van der Waals surface area (Å²) in [5.41, 5.74) is 0. The monoisotopic (exact) mass is 1160 g/mol. The molecular formula is C77H136O6. The molecule has 0 aliphatic carbocycles. The molecule has 0 saturated heterocycles. The minimum atomic E-state index is -0.781. The highest BCUT2D eigenvalue weighted by Crippen LogP contribution is 2.18. The van der Waals surface area contributed by atoms with Gasteiger partial charge < -0.3 is 14.2 Å². The predicted molar refractivity (Wildman–Crippen MR) is 362 cm³/mol. The second kappa shape index (κ2) is 71.1. The molecule has 0 saturated carbocycles. The summed E-state index contributed by atoms with van der Waals surface area (Å²) in [6.07, 6.45) is 95.4. The quantitative estimate of drug-likeness (QED) is 0.0261. The summed E-state index contributed by atoms with van der Waals surface area (Å²) < 4.78 is 16.8. The molecule has 0 aromatic rings. The van der Waals surface area contributed by atoms with Crippen LogP contribution in [0.25, 0.3) is 0 Å². The number of hydrogen-bond donors (Lipinski definition) is 0. The zero-order valence-corrected chi connectivity index (χ0v) is 55.2. The van der Waals surface area contributed by atoms with Gasteiger partial charge in [-0.25, -0.2) is 0 Å². The minimum absolute atomic E-state index is 0.0797. The average molecular weight is 1160 g/mol. The smallest absolute Gasteiger partial charge is 0.306 e. The molecule has 0 heterocycles. The highest BCUT2D eigenvalue weighted by atomic mass is 16.6. The first-order chi connectivity index (χ1) is 41.0. The average Bonchev–Trinajstić information content (AvgIpc) is 3.49. The van der Waals surface area contributed by atoms with Gasteiger partial charge in [-0.2, -0.15) is 0 Å². The van der Waals surface area contributed by atoms with E-state index in [-0.39, 0.29) is 31.1 Å². The van der Waals surface area contributed by atoms with Gasteiger partial charge in [0.15, 0.2) is 6.10 Å². The predicted octanol–water partition coefficient (Wildman–Crippen LogP) is 25.0. The molecule has 0 aromatic heterocycles. The highest BCUT2D eigenvalue weighted by Gasteiger charge is 2.19. The maximum atomic E-state index is 12.9. The number of carbonyl (C=O) groups excluding carboxylic acids is 3. The third-order valence-corrected chi connectivity index (χ3v) is 15.9. The summed E-state index contributed by atoms with van der Waals surface area (Å²) in [6.45, 7) is 6.47. The van der Waals surface area contributed by atoms with E-state index >= 15 is 0 Å². The molecule has 480 valence electrons. The topological polar surface area (TPSA) is 78.9 Å². The highest BCUT2D eigenvalue weighted by molar-refractivity contribution is 5.71. The molecular weight excluding hydrogens is 1020 g/mol. The lowest BCUT2D eigenvalue weighted by Crippen LogP contribution is -2.30. The van der Waals surface area contributed by atoms with Crippen molar-refractivity contribution in [1.82, 2.24) is 0 Å². The van der Waals surface area contributed by atoms with Crippen LogP contribution in [0, 0.1) is 0 Å². The van der Waals surface area contributed by atoms with E-state index < -0.39 is 6.10 Å². The van der Waals surface area contributed by atoms with E-state index in [1.807, 2.05) is 0 Å². The molecule has 0 aliphatic rings. The first-order valence-corrected chi connectivity index (χ1v) is 36.1. The minimum Gasteiger partial charge on any atom is -0.462 e. The Kier molecular flexibility index (Phi) is 68.2. The van der Waals surface area contributed by atoms with E-state index in [1.165, 1.54) is 212 Å². The van der Waals surface area contributed by atoms with Crippen molar-refractivity contribution in [2.75, 3.05) is 13.2 Å². The summed E-state index contributed by atoms with van der Waals surface area (Å²) in [5.74, 6) is -0.894. The first kappa shape index (κ1) is 79.6. The van der Waals surface area contributed by atoms with Gasteiger partial charge in [-0.1, -0.05) is 337 Å². The van der Waals surface area contributed by atoms with Crippen LogP contribution in [-0.2, 0) is 28.6 Å². The van der Waals surface area contributed by atoms with Crippen LogP contribution in [0.1, 0.15) is 367 Å². The lowest BCUT2D eigenvalue weighted by Gasteiger charge is -2.18. The molecule has 6 nitrogen and oxygen atoms in total. The van der Waals surface area contributed by atoms with Gasteiger partial charge in [0.1, 0.15) is 13.2 Å². The third-order valence-electron chi connectivity index (χ3n) is 15.9. The van der Waals surface area contributed by atoms with Gasteiger partial charge in [-0.05, 0) is 96.3 Å². The van der Waals surface area contributed by atoms with Crippen molar-refractivity contribution >= 4 is 17.9 Å². The Hall–Kier alpha value is -3.41. The largest absolute Gasteiger partial charge is 0.462 e. The van der Waals surface area contributed by atoms with Gasteiger partial charge in [0, 0.05) is 19.3 Å². The van der Waals surface area contributed by atoms with Crippen LogP contribution in [0.3, 0.4) is 0 Å². The maximum Gasteiger partial charge on any atom is 0.306 e. The molecule has 0 bridgehead atoms. The Morgan fingerprint density at radius 2 is 0.470 bits per heavy atom. The van der Waals surface area contributed by atoms with Gasteiger partial charge >= 0.3 is 17.9 Å². The number of rotatable bonds is 66. The Bertz CT molecular complexity index is 1570. The van der Waals surface area contributed by atoms with E-state index in [1.54, 1.807) is 0 Å². The number of ether oxygens (including phenoxy) is 3. The number of hydrogen-bond acceptors (Lipinski definition) is 6. The Morgan fingerprint density at radius 1 is 0.253 bits per heavy atom. The molecule has 0 amide bonds. The standard InChI is InChI=1S/C77H136O6/c1-4-7-10-13-15-17-19-21-23-25-27-29-31-33-34-35-36-37-38-39-40-41-42-44-45-47-49-51-53-55-57-59-61-64-67-70-76(79)82-73-74(72-81-75(78)69-66-63-12-9-6-3)83-77(80)71-68-65-62-60-58-56-54-52-50-48-46-43-32-30-28-26-24-22-20-18-16-14-11-8-5-2/h8,11,16,18,22,24-25,27-28,30,43,46,50,52,74H,4-7,9-10,12-15,17,19-21,23,26,29,31-42,44-45,47-49,51,53-73H2,1-3H3/b11-8-,18-16-,24-22-,27-25-,30-28-,46-43-,52-50-. The molecule has 0 N–H and O–H groups in total. The SMILES string of the molecule is CC/C=C\C/C=C\C/C=C\C/C=C\C/C=C\C/C=C\CCCCCCCCC(=O)OC(COC(=O)CCCCCCC)COC(=O)CCCCCCCCCCCCCCCCCCCCCCCCC/C=C\CCCCCCCCCC. The van der Waals surface area contributed by atoms with Crippen LogP contribution in [0.2, 0.25) is 0 Å². The van der Waals surface area contributed by atoms with Crippen molar-refractivity contribution in [1.29, 1.82) is 0 Å².